The summed E-state index contributed by atoms with van der Waals surface area (Å²) in [5.41, 5.74) is 3.27. The molecule has 0 fully saturated rings. The van der Waals surface area contributed by atoms with Crippen molar-refractivity contribution < 1.29 is 14.5 Å². The van der Waals surface area contributed by atoms with Crippen molar-refractivity contribution in [1.82, 2.24) is 10.7 Å². The van der Waals surface area contributed by atoms with Crippen LogP contribution in [-0.2, 0) is 4.79 Å². The Balaban J connectivity index is 1.88. The number of nitrogens with one attached hydrogen (secondary N) is 2. The lowest BCUT2D eigenvalue weighted by molar-refractivity contribution is -0.384. The van der Waals surface area contributed by atoms with Crippen LogP contribution in [0.4, 0.5) is 5.69 Å². The quantitative estimate of drug-likeness (QED) is 0.474. The maximum Gasteiger partial charge on any atom is 0.269 e. The molecule has 0 aromatic heterocycles. The molecule has 0 saturated carbocycles. The average molecular weight is 340 g/mol. The highest BCUT2D eigenvalue weighted by Crippen LogP contribution is 2.11. The van der Waals surface area contributed by atoms with Crippen molar-refractivity contribution in [2.24, 2.45) is 5.10 Å². The highest BCUT2D eigenvalue weighted by atomic mass is 16.6. The van der Waals surface area contributed by atoms with Gasteiger partial charge in [-0.05, 0) is 24.6 Å². The topological polar surface area (TPSA) is 114 Å². The Morgan fingerprint density at radius 1 is 1.12 bits per heavy atom. The van der Waals surface area contributed by atoms with E-state index in [0.29, 0.717) is 0 Å². The van der Waals surface area contributed by atoms with Gasteiger partial charge >= 0.3 is 0 Å². The number of carbonyl (C=O) groups is 2. The fourth-order valence-electron chi connectivity index (χ4n) is 1.89. The first kappa shape index (κ1) is 17.8. The van der Waals surface area contributed by atoms with Crippen LogP contribution >= 0.6 is 0 Å². The number of nitro groups is 1. The Kier molecular flexibility index (Phi) is 5.94. The van der Waals surface area contributed by atoms with Crippen LogP contribution in [-0.4, -0.2) is 29.0 Å². The van der Waals surface area contributed by atoms with E-state index in [1.165, 1.54) is 37.4 Å². The summed E-state index contributed by atoms with van der Waals surface area (Å²) in [7, 11) is 0. The monoisotopic (exact) mass is 340 g/mol. The van der Waals surface area contributed by atoms with Crippen LogP contribution < -0.4 is 10.7 Å². The van der Waals surface area contributed by atoms with Gasteiger partial charge in [0.1, 0.15) is 6.04 Å². The number of carbonyl (C=O) groups excluding carboxylic acids is 2. The Morgan fingerprint density at radius 3 is 2.36 bits per heavy atom. The summed E-state index contributed by atoms with van der Waals surface area (Å²) in [5, 5.41) is 16.9. The smallest absolute Gasteiger partial charge is 0.269 e. The first-order valence-corrected chi connectivity index (χ1v) is 7.40. The Hall–Kier alpha value is -3.55. The molecule has 2 N–H and O–H groups in total. The van der Waals surface area contributed by atoms with Crippen molar-refractivity contribution in [3.63, 3.8) is 0 Å². The van der Waals surface area contributed by atoms with Gasteiger partial charge < -0.3 is 5.32 Å². The Morgan fingerprint density at radius 2 is 1.76 bits per heavy atom. The van der Waals surface area contributed by atoms with E-state index in [1.807, 2.05) is 30.3 Å². The lowest BCUT2D eigenvalue weighted by Gasteiger charge is -2.12. The van der Waals surface area contributed by atoms with Gasteiger partial charge in [-0.3, -0.25) is 19.7 Å². The molecule has 8 heteroatoms. The number of hydrazone groups is 1. The zero-order valence-corrected chi connectivity index (χ0v) is 13.4. The summed E-state index contributed by atoms with van der Waals surface area (Å²) >= 11 is 0. The normalized spacial score (nSPS) is 11.7. The van der Waals surface area contributed by atoms with Crippen molar-refractivity contribution in [3.05, 3.63) is 75.8 Å². The van der Waals surface area contributed by atoms with Gasteiger partial charge in [-0.15, -0.1) is 0 Å². The molecule has 2 aromatic rings. The van der Waals surface area contributed by atoms with E-state index in [2.05, 4.69) is 15.8 Å². The van der Waals surface area contributed by atoms with E-state index in [-0.39, 0.29) is 11.3 Å². The minimum absolute atomic E-state index is 0.113. The third-order valence-corrected chi connectivity index (χ3v) is 3.27. The molecule has 128 valence electrons. The summed E-state index contributed by atoms with van der Waals surface area (Å²) < 4.78 is 0. The number of nitro benzene ring substituents is 1. The minimum atomic E-state index is -0.824. The van der Waals surface area contributed by atoms with E-state index < -0.39 is 22.8 Å². The van der Waals surface area contributed by atoms with Crippen LogP contribution in [0.3, 0.4) is 0 Å². The number of nitrogens with zero attached hydrogens (tertiary/aromatic N) is 2. The molecular weight excluding hydrogens is 324 g/mol. The average Bonchev–Trinajstić information content (AvgIpc) is 2.62. The molecule has 0 aliphatic rings. The van der Waals surface area contributed by atoms with Crippen LogP contribution in [0.2, 0.25) is 0 Å². The number of non-ortho nitro benzene ring substituents is 1. The van der Waals surface area contributed by atoms with Crippen molar-refractivity contribution in [2.75, 3.05) is 0 Å². The van der Waals surface area contributed by atoms with Crippen molar-refractivity contribution in [2.45, 2.75) is 13.0 Å². The summed E-state index contributed by atoms with van der Waals surface area (Å²) in [6.45, 7) is 1.51. The highest BCUT2D eigenvalue weighted by Gasteiger charge is 2.16. The molecule has 8 nitrogen and oxygen atoms in total. The third kappa shape index (κ3) is 5.24. The molecule has 0 heterocycles. The van der Waals surface area contributed by atoms with Crippen LogP contribution in [0, 0.1) is 10.1 Å². The van der Waals surface area contributed by atoms with Gasteiger partial charge in [0.15, 0.2) is 0 Å². The van der Waals surface area contributed by atoms with Gasteiger partial charge in [-0.2, -0.15) is 5.10 Å². The lowest BCUT2D eigenvalue weighted by atomic mass is 10.2. The fraction of sp³-hybridized carbons (Fsp3) is 0.118. The highest BCUT2D eigenvalue weighted by molar-refractivity contribution is 5.97. The largest absolute Gasteiger partial charge is 0.340 e. The number of benzene rings is 2. The van der Waals surface area contributed by atoms with Gasteiger partial charge in [-0.25, -0.2) is 5.43 Å². The first-order chi connectivity index (χ1) is 12.0. The van der Waals surface area contributed by atoms with Gasteiger partial charge in [-0.1, -0.05) is 30.3 Å². The van der Waals surface area contributed by atoms with Gasteiger partial charge in [0, 0.05) is 17.7 Å². The van der Waals surface area contributed by atoms with Crippen LogP contribution in [0.1, 0.15) is 22.8 Å². The van der Waals surface area contributed by atoms with Crippen molar-refractivity contribution >= 4 is 23.7 Å². The number of rotatable bonds is 6. The maximum absolute atomic E-state index is 12.0. The Labute approximate surface area is 143 Å². The number of amides is 2. The molecule has 2 amide bonds. The fourth-order valence-corrected chi connectivity index (χ4v) is 1.89. The first-order valence-electron chi connectivity index (χ1n) is 7.40. The second kappa shape index (κ2) is 8.34. The van der Waals surface area contributed by atoms with Crippen LogP contribution in [0.5, 0.6) is 0 Å². The number of hydrogen-bond acceptors (Lipinski definition) is 5. The van der Waals surface area contributed by atoms with E-state index in [9.17, 15) is 19.7 Å². The van der Waals surface area contributed by atoms with Crippen molar-refractivity contribution in [1.29, 1.82) is 0 Å². The predicted octanol–water partition coefficient (Wildman–Crippen LogP) is 1.86. The predicted molar refractivity (Wildman–Crippen MR) is 92.2 cm³/mol. The number of hydrogen-bond donors (Lipinski definition) is 2. The molecule has 2 aromatic carbocycles. The second-order valence-corrected chi connectivity index (χ2v) is 5.14. The SMILES string of the molecule is C[C@H](NC(=O)c1ccc([N+](=O)[O-])cc1)C(=O)N/N=C/c1ccccc1. The Bertz CT molecular complexity index is 788. The molecular formula is C17H16N4O4. The lowest BCUT2D eigenvalue weighted by Crippen LogP contribution is -2.43. The minimum Gasteiger partial charge on any atom is -0.340 e. The second-order valence-electron chi connectivity index (χ2n) is 5.14. The standard InChI is InChI=1S/C17H16N4O4/c1-12(16(22)20-18-11-13-5-3-2-4-6-13)19-17(23)14-7-9-15(10-8-14)21(24)25/h2-12H,1H3,(H,19,23)(H,20,22)/b18-11+/t12-/m0/s1. The molecule has 0 unspecified atom stereocenters. The van der Waals surface area contributed by atoms with E-state index in [4.69, 9.17) is 0 Å². The summed E-state index contributed by atoms with van der Waals surface area (Å²) in [6.07, 6.45) is 1.49. The van der Waals surface area contributed by atoms with E-state index in [0.717, 1.165) is 5.56 Å². The molecule has 0 radical (unpaired) electrons. The molecule has 0 aliphatic carbocycles. The maximum atomic E-state index is 12.0. The van der Waals surface area contributed by atoms with Crippen molar-refractivity contribution in [3.8, 4) is 0 Å². The molecule has 0 bridgehead atoms. The zero-order chi connectivity index (χ0) is 18.2. The molecule has 0 aliphatic heterocycles. The van der Waals surface area contributed by atoms with Gasteiger partial charge in [0.05, 0.1) is 11.1 Å². The van der Waals surface area contributed by atoms with Crippen LogP contribution in [0.25, 0.3) is 0 Å². The van der Waals surface area contributed by atoms with Crippen LogP contribution in [0.15, 0.2) is 59.7 Å². The summed E-state index contributed by atoms with van der Waals surface area (Å²) in [5.74, 6) is -0.993. The van der Waals surface area contributed by atoms with E-state index >= 15 is 0 Å². The van der Waals surface area contributed by atoms with Gasteiger partial charge in [0.2, 0.25) is 0 Å². The third-order valence-electron chi connectivity index (χ3n) is 3.27. The summed E-state index contributed by atoms with van der Waals surface area (Å²) in [6, 6.07) is 13.5. The van der Waals surface area contributed by atoms with Gasteiger partial charge in [0.25, 0.3) is 17.5 Å². The molecule has 0 spiro atoms. The zero-order valence-electron chi connectivity index (χ0n) is 13.4. The molecule has 0 saturated heterocycles. The molecule has 25 heavy (non-hydrogen) atoms. The summed E-state index contributed by atoms with van der Waals surface area (Å²) in [4.78, 5) is 34.0. The molecule has 1 atom stereocenters. The van der Waals surface area contributed by atoms with E-state index in [1.54, 1.807) is 0 Å². The molecule has 2 rings (SSSR count).